The van der Waals surface area contributed by atoms with Gasteiger partial charge in [0.25, 0.3) is 10.1 Å². The SMILES string of the molecule is Cc1ccc(S(=O)(=O)OCCOCCOCCOCCO[Si](C(C)C)(C(C)C)C(C)C)cc1. The molecule has 0 aliphatic carbocycles. The maximum Gasteiger partial charge on any atom is 0.297 e. The van der Waals surface area contributed by atoms with Crippen molar-refractivity contribution in [2.45, 2.75) is 70.0 Å². The molecule has 0 saturated heterocycles. The summed E-state index contributed by atoms with van der Waals surface area (Å²) < 4.78 is 52.0. The van der Waals surface area contributed by atoms with Gasteiger partial charge in [-0.3, -0.25) is 4.18 Å². The molecule has 0 aliphatic heterocycles. The van der Waals surface area contributed by atoms with Gasteiger partial charge in [0.1, 0.15) is 0 Å². The lowest BCUT2D eigenvalue weighted by Crippen LogP contribution is -2.48. The number of ether oxygens (including phenoxy) is 3. The molecule has 192 valence electrons. The zero-order valence-electron chi connectivity index (χ0n) is 21.5. The second-order valence-corrected chi connectivity index (χ2v) is 16.2. The predicted octanol–water partition coefficient (Wildman–Crippen LogP) is 4.94. The minimum Gasteiger partial charge on any atom is -0.414 e. The van der Waals surface area contributed by atoms with Crippen LogP contribution in [0.15, 0.2) is 29.2 Å². The molecule has 0 amide bonds. The van der Waals surface area contributed by atoms with Crippen molar-refractivity contribution in [3.8, 4) is 0 Å². The van der Waals surface area contributed by atoms with Gasteiger partial charge in [-0.15, -0.1) is 0 Å². The smallest absolute Gasteiger partial charge is 0.297 e. The Morgan fingerprint density at radius 1 is 0.667 bits per heavy atom. The normalized spacial score (nSPS) is 12.9. The van der Waals surface area contributed by atoms with Crippen LogP contribution in [-0.2, 0) is 32.9 Å². The third-order valence-electron chi connectivity index (χ3n) is 5.81. The van der Waals surface area contributed by atoms with Crippen LogP contribution < -0.4 is 0 Å². The van der Waals surface area contributed by atoms with E-state index in [0.29, 0.717) is 56.3 Å². The second kappa shape index (κ2) is 15.2. The highest BCUT2D eigenvalue weighted by Gasteiger charge is 2.44. The molecule has 0 saturated carbocycles. The summed E-state index contributed by atoms with van der Waals surface area (Å²) in [5.41, 5.74) is 2.68. The summed E-state index contributed by atoms with van der Waals surface area (Å²) in [5.74, 6) is 0. The van der Waals surface area contributed by atoms with E-state index in [9.17, 15) is 8.42 Å². The van der Waals surface area contributed by atoms with Crippen LogP contribution >= 0.6 is 0 Å². The summed E-state index contributed by atoms with van der Waals surface area (Å²) in [6.45, 7) is 18.6. The summed E-state index contributed by atoms with van der Waals surface area (Å²) in [6, 6.07) is 6.53. The van der Waals surface area contributed by atoms with Gasteiger partial charge >= 0.3 is 0 Å². The fraction of sp³-hybridized carbons (Fsp3) is 0.750. The molecule has 7 nitrogen and oxygen atoms in total. The van der Waals surface area contributed by atoms with E-state index in [1.165, 1.54) is 12.1 Å². The Labute approximate surface area is 202 Å². The van der Waals surface area contributed by atoms with E-state index in [-0.39, 0.29) is 18.1 Å². The molecule has 0 radical (unpaired) electrons. The minimum atomic E-state index is -3.75. The molecule has 0 heterocycles. The first-order valence-electron chi connectivity index (χ1n) is 11.9. The molecule has 0 fully saturated rings. The molecule has 9 heteroatoms. The highest BCUT2D eigenvalue weighted by Crippen LogP contribution is 2.42. The Morgan fingerprint density at radius 2 is 1.06 bits per heavy atom. The number of benzene rings is 1. The third kappa shape index (κ3) is 10.1. The third-order valence-corrected chi connectivity index (χ3v) is 13.3. The van der Waals surface area contributed by atoms with Gasteiger partial charge in [-0.25, -0.2) is 0 Å². The van der Waals surface area contributed by atoms with Gasteiger partial charge in [0, 0.05) is 0 Å². The largest absolute Gasteiger partial charge is 0.414 e. The van der Waals surface area contributed by atoms with Crippen LogP contribution in [0.25, 0.3) is 0 Å². The molecule has 0 unspecified atom stereocenters. The summed E-state index contributed by atoms with van der Waals surface area (Å²) in [5, 5.41) is 0. The first-order valence-corrected chi connectivity index (χ1v) is 15.4. The Hall–Kier alpha value is -0.813. The molecule has 0 spiro atoms. The van der Waals surface area contributed by atoms with Crippen LogP contribution in [0, 0.1) is 6.92 Å². The van der Waals surface area contributed by atoms with Crippen molar-refractivity contribution in [2.24, 2.45) is 0 Å². The monoisotopic (exact) mass is 504 g/mol. The molecule has 0 N–H and O–H groups in total. The highest BCUT2D eigenvalue weighted by atomic mass is 32.2. The molecule has 1 rings (SSSR count). The van der Waals surface area contributed by atoms with Crippen molar-refractivity contribution < 1.29 is 31.2 Å². The lowest BCUT2D eigenvalue weighted by atomic mass is 10.2. The average molecular weight is 505 g/mol. The fourth-order valence-corrected chi connectivity index (χ4v) is 10.6. The standard InChI is InChI=1S/C24H44O7SSi/c1-20(2)33(21(3)4,22(5)6)31-19-17-29-15-13-27-12-14-28-16-18-30-32(25,26)24-10-8-23(7)9-11-24/h8-11,20-22H,12-19H2,1-7H3. The molecule has 0 atom stereocenters. The van der Waals surface area contributed by atoms with Crippen LogP contribution in [0.1, 0.15) is 47.1 Å². The van der Waals surface area contributed by atoms with Gasteiger partial charge in [0.15, 0.2) is 8.32 Å². The van der Waals surface area contributed by atoms with Crippen LogP contribution in [0.2, 0.25) is 16.6 Å². The summed E-state index contributed by atoms with van der Waals surface area (Å²) in [6.07, 6.45) is 0. The summed E-state index contributed by atoms with van der Waals surface area (Å²) in [4.78, 5) is 0.146. The first-order chi connectivity index (χ1) is 15.5. The topological polar surface area (TPSA) is 80.3 Å². The fourth-order valence-electron chi connectivity index (χ4n) is 4.29. The maximum absolute atomic E-state index is 12.1. The minimum absolute atomic E-state index is 0.0345. The second-order valence-electron chi connectivity index (χ2n) is 9.09. The van der Waals surface area contributed by atoms with Crippen molar-refractivity contribution in [1.82, 2.24) is 0 Å². The van der Waals surface area contributed by atoms with Gasteiger partial charge in [-0.05, 0) is 35.7 Å². The molecule has 33 heavy (non-hydrogen) atoms. The van der Waals surface area contributed by atoms with E-state index in [1.54, 1.807) is 12.1 Å². The Morgan fingerprint density at radius 3 is 1.48 bits per heavy atom. The van der Waals surface area contributed by atoms with Gasteiger partial charge in [-0.2, -0.15) is 8.42 Å². The van der Waals surface area contributed by atoms with Crippen LogP contribution in [-0.4, -0.2) is 69.6 Å². The Kier molecular flexibility index (Phi) is 14.0. The van der Waals surface area contributed by atoms with E-state index in [4.69, 9.17) is 22.8 Å². The predicted molar refractivity (Wildman–Crippen MR) is 134 cm³/mol. The van der Waals surface area contributed by atoms with Crippen molar-refractivity contribution in [3.63, 3.8) is 0 Å². The van der Waals surface area contributed by atoms with E-state index in [1.807, 2.05) is 6.92 Å². The average Bonchev–Trinajstić information content (AvgIpc) is 2.73. The molecule has 0 aromatic heterocycles. The number of rotatable bonds is 18. The molecule has 0 aliphatic rings. The maximum atomic E-state index is 12.1. The van der Waals surface area contributed by atoms with E-state index < -0.39 is 18.4 Å². The Balaban J connectivity index is 2.06. The van der Waals surface area contributed by atoms with Crippen molar-refractivity contribution >= 4 is 18.4 Å². The first kappa shape index (κ1) is 30.2. The van der Waals surface area contributed by atoms with Gasteiger partial charge in [-0.1, -0.05) is 59.2 Å². The van der Waals surface area contributed by atoms with Crippen LogP contribution in [0.4, 0.5) is 0 Å². The lowest BCUT2D eigenvalue weighted by molar-refractivity contribution is 0.00439. The van der Waals surface area contributed by atoms with Crippen molar-refractivity contribution in [3.05, 3.63) is 29.8 Å². The molecular weight excluding hydrogens is 460 g/mol. The summed E-state index contributed by atoms with van der Waals surface area (Å²) in [7, 11) is -5.58. The van der Waals surface area contributed by atoms with Gasteiger partial charge < -0.3 is 18.6 Å². The van der Waals surface area contributed by atoms with E-state index in [0.717, 1.165) is 5.56 Å². The highest BCUT2D eigenvalue weighted by molar-refractivity contribution is 7.86. The zero-order chi connectivity index (χ0) is 24.9. The molecular formula is C24H44O7SSi. The molecule has 0 bridgehead atoms. The zero-order valence-corrected chi connectivity index (χ0v) is 23.3. The van der Waals surface area contributed by atoms with Crippen molar-refractivity contribution in [1.29, 1.82) is 0 Å². The quantitative estimate of drug-likeness (QED) is 0.159. The molecule has 1 aromatic carbocycles. The van der Waals surface area contributed by atoms with Crippen LogP contribution in [0.3, 0.4) is 0 Å². The van der Waals surface area contributed by atoms with Gasteiger partial charge in [0.05, 0.1) is 57.8 Å². The Bertz CT molecular complexity index is 727. The number of aryl methyl sites for hydroxylation is 1. The molecule has 1 aromatic rings. The van der Waals surface area contributed by atoms with E-state index in [2.05, 4.69) is 41.5 Å². The number of hydrogen-bond donors (Lipinski definition) is 0. The van der Waals surface area contributed by atoms with Gasteiger partial charge in [0.2, 0.25) is 0 Å². The van der Waals surface area contributed by atoms with Crippen molar-refractivity contribution in [2.75, 3.05) is 52.9 Å². The lowest BCUT2D eigenvalue weighted by Gasteiger charge is -2.42. The summed E-state index contributed by atoms with van der Waals surface area (Å²) >= 11 is 0. The van der Waals surface area contributed by atoms with Crippen LogP contribution in [0.5, 0.6) is 0 Å². The number of hydrogen-bond acceptors (Lipinski definition) is 7. The van der Waals surface area contributed by atoms with E-state index >= 15 is 0 Å².